The Morgan fingerprint density at radius 3 is 2.44 bits per heavy atom. The van der Waals surface area contributed by atoms with E-state index in [1.165, 1.54) is 31.7 Å². The molecular formula is C7H9NSn. The minimum absolute atomic E-state index is 0.678. The summed E-state index contributed by atoms with van der Waals surface area (Å²) in [5.74, 6) is 0. The fourth-order valence-electron chi connectivity index (χ4n) is 0.720. The maximum atomic E-state index is 5.47. The molecule has 1 aromatic rings. The van der Waals surface area contributed by atoms with E-state index in [0.717, 1.165) is 0 Å². The minimum atomic E-state index is 0.678. The van der Waals surface area contributed by atoms with E-state index < -0.39 is 0 Å². The second-order valence-electron chi connectivity index (χ2n) is 1.90. The predicted molar refractivity (Wildman–Crippen MR) is 41.1 cm³/mol. The van der Waals surface area contributed by atoms with E-state index in [9.17, 15) is 0 Å². The van der Waals surface area contributed by atoms with Crippen LogP contribution in [0.1, 0.15) is 5.56 Å². The van der Waals surface area contributed by atoms with Crippen molar-refractivity contribution in [3.05, 3.63) is 29.8 Å². The zero-order chi connectivity index (χ0) is 6.69. The molecule has 2 heteroatoms. The molecule has 0 atom stereocenters. The normalized spacial score (nSPS) is 9.56. The van der Waals surface area contributed by atoms with Crippen LogP contribution in [0.5, 0.6) is 0 Å². The average molecular weight is 226 g/mol. The Kier molecular flexibility index (Phi) is 2.54. The van der Waals surface area contributed by atoms with Crippen LogP contribution in [-0.4, -0.2) is 22.5 Å². The first kappa shape index (κ1) is 7.09. The van der Waals surface area contributed by atoms with Gasteiger partial charge in [-0.25, -0.2) is 0 Å². The van der Waals surface area contributed by atoms with Crippen molar-refractivity contribution in [2.75, 3.05) is 0 Å². The molecule has 46 valence electrons. The van der Waals surface area contributed by atoms with Gasteiger partial charge in [0.1, 0.15) is 0 Å². The summed E-state index contributed by atoms with van der Waals surface area (Å²) in [6, 6.07) is 8.30. The number of nitrogens with two attached hydrogens (primary N) is 1. The molecule has 0 aliphatic carbocycles. The zero-order valence-corrected chi connectivity index (χ0v) is 8.47. The third-order valence-corrected chi connectivity index (χ3v) is 2.88. The van der Waals surface area contributed by atoms with Crippen molar-refractivity contribution in [3.8, 4) is 0 Å². The van der Waals surface area contributed by atoms with Gasteiger partial charge in [-0.3, -0.25) is 0 Å². The topological polar surface area (TPSA) is 26.0 Å². The third kappa shape index (κ3) is 1.69. The van der Waals surface area contributed by atoms with Gasteiger partial charge in [-0.05, 0) is 0 Å². The van der Waals surface area contributed by atoms with Gasteiger partial charge in [0.15, 0.2) is 0 Å². The summed E-state index contributed by atoms with van der Waals surface area (Å²) in [4.78, 5) is 0. The van der Waals surface area contributed by atoms with Gasteiger partial charge in [-0.2, -0.15) is 0 Å². The summed E-state index contributed by atoms with van der Waals surface area (Å²) < 4.78 is 1.41. The van der Waals surface area contributed by atoms with Gasteiger partial charge in [0.05, 0.1) is 0 Å². The van der Waals surface area contributed by atoms with Crippen molar-refractivity contribution in [3.63, 3.8) is 0 Å². The van der Waals surface area contributed by atoms with Crippen molar-refractivity contribution in [2.24, 2.45) is 5.73 Å². The second-order valence-corrected chi connectivity index (χ2v) is 3.68. The number of rotatable bonds is 1. The predicted octanol–water partition coefficient (Wildman–Crippen LogP) is -0.329. The van der Waals surface area contributed by atoms with E-state index >= 15 is 0 Å². The zero-order valence-electron chi connectivity index (χ0n) is 5.17. The van der Waals surface area contributed by atoms with Crippen molar-refractivity contribution in [2.45, 2.75) is 6.54 Å². The molecule has 0 spiro atoms. The van der Waals surface area contributed by atoms with E-state index in [2.05, 4.69) is 18.2 Å². The molecule has 0 bridgehead atoms. The maximum absolute atomic E-state index is 5.47. The van der Waals surface area contributed by atoms with Crippen LogP contribution in [-0.2, 0) is 6.54 Å². The van der Waals surface area contributed by atoms with Crippen LogP contribution in [0.4, 0.5) is 0 Å². The van der Waals surface area contributed by atoms with E-state index in [0.29, 0.717) is 6.54 Å². The number of hydrogen-bond acceptors (Lipinski definition) is 1. The van der Waals surface area contributed by atoms with Crippen molar-refractivity contribution >= 4 is 26.1 Å². The summed E-state index contributed by atoms with van der Waals surface area (Å²) in [5, 5.41) is 0. The van der Waals surface area contributed by atoms with E-state index in [1.54, 1.807) is 0 Å². The molecule has 0 saturated carbocycles. The molecule has 0 aliphatic rings. The molecule has 0 aromatic heterocycles. The molecule has 0 aliphatic heterocycles. The van der Waals surface area contributed by atoms with Gasteiger partial charge >= 0.3 is 68.2 Å². The first-order valence-electron chi connectivity index (χ1n) is 2.88. The van der Waals surface area contributed by atoms with E-state index in [1.807, 2.05) is 6.07 Å². The summed E-state index contributed by atoms with van der Waals surface area (Å²) in [7, 11) is 0. The van der Waals surface area contributed by atoms with Crippen LogP contribution in [0.25, 0.3) is 0 Å². The van der Waals surface area contributed by atoms with Gasteiger partial charge in [-0.15, -0.1) is 0 Å². The molecular weight excluding hydrogens is 217 g/mol. The standard InChI is InChI=1S/C7H8N.Sn.H/c8-6-7-4-2-1-3-5-7;;/h1-4H,6,8H2;;. The Morgan fingerprint density at radius 1 is 1.33 bits per heavy atom. The van der Waals surface area contributed by atoms with Crippen LogP contribution in [0.2, 0.25) is 0 Å². The van der Waals surface area contributed by atoms with Gasteiger partial charge in [-0.1, -0.05) is 0 Å². The molecule has 0 saturated heterocycles. The van der Waals surface area contributed by atoms with Crippen LogP contribution in [0.15, 0.2) is 24.3 Å². The molecule has 2 radical (unpaired) electrons. The Bertz CT molecular complexity index is 198. The molecule has 1 aromatic carbocycles. The Hall–Kier alpha value is -0.0213. The molecule has 9 heavy (non-hydrogen) atoms. The second kappa shape index (κ2) is 3.22. The molecule has 1 rings (SSSR count). The van der Waals surface area contributed by atoms with Crippen LogP contribution in [0, 0.1) is 0 Å². The van der Waals surface area contributed by atoms with Gasteiger partial charge in [0.25, 0.3) is 0 Å². The fraction of sp³-hybridized carbons (Fsp3) is 0.143. The first-order chi connectivity index (χ1) is 4.34. The van der Waals surface area contributed by atoms with Gasteiger partial charge in [0.2, 0.25) is 0 Å². The Balaban J connectivity index is 3.01. The van der Waals surface area contributed by atoms with Crippen LogP contribution < -0.4 is 9.31 Å². The summed E-state index contributed by atoms with van der Waals surface area (Å²) in [6.45, 7) is 0.678. The fourth-order valence-corrected chi connectivity index (χ4v) is 1.65. The Morgan fingerprint density at radius 2 is 2.00 bits per heavy atom. The van der Waals surface area contributed by atoms with E-state index in [4.69, 9.17) is 5.73 Å². The summed E-state index contributed by atoms with van der Waals surface area (Å²) in [6.07, 6.45) is 0. The molecule has 0 amide bonds. The molecule has 0 heterocycles. The van der Waals surface area contributed by atoms with E-state index in [-0.39, 0.29) is 0 Å². The first-order valence-corrected chi connectivity index (χ1v) is 4.53. The molecule has 0 fully saturated rings. The number of hydrogen-bond donors (Lipinski definition) is 1. The monoisotopic (exact) mass is 227 g/mol. The van der Waals surface area contributed by atoms with Crippen LogP contribution >= 0.6 is 0 Å². The molecule has 2 N–H and O–H groups in total. The van der Waals surface area contributed by atoms with Crippen molar-refractivity contribution in [1.29, 1.82) is 0 Å². The summed E-state index contributed by atoms with van der Waals surface area (Å²) >= 11 is 1.17. The Labute approximate surface area is 68.3 Å². The van der Waals surface area contributed by atoms with Crippen molar-refractivity contribution < 1.29 is 0 Å². The van der Waals surface area contributed by atoms with Crippen LogP contribution in [0.3, 0.4) is 0 Å². The molecule has 0 unspecified atom stereocenters. The van der Waals surface area contributed by atoms with Gasteiger partial charge in [0, 0.05) is 0 Å². The van der Waals surface area contributed by atoms with Gasteiger partial charge < -0.3 is 0 Å². The SMILES string of the molecule is NCc1cccc[c]1[SnH]. The summed E-state index contributed by atoms with van der Waals surface area (Å²) in [5.41, 5.74) is 6.76. The third-order valence-electron chi connectivity index (χ3n) is 1.28. The average Bonchev–Trinajstić information content (AvgIpc) is 1.89. The number of benzene rings is 1. The van der Waals surface area contributed by atoms with Crippen molar-refractivity contribution in [1.82, 2.24) is 0 Å². The molecule has 1 nitrogen and oxygen atoms in total. The quantitative estimate of drug-likeness (QED) is 0.652.